The summed E-state index contributed by atoms with van der Waals surface area (Å²) in [5.41, 5.74) is 6.44. The zero-order valence-corrected chi connectivity index (χ0v) is 17.8. The van der Waals surface area contributed by atoms with Crippen molar-refractivity contribution in [3.05, 3.63) is 88.9 Å². The smallest absolute Gasteiger partial charge is 0.0406 e. The van der Waals surface area contributed by atoms with Gasteiger partial charge in [-0.3, -0.25) is 0 Å². The Morgan fingerprint density at radius 1 is 0.679 bits per heavy atom. The van der Waals surface area contributed by atoms with E-state index in [0.29, 0.717) is 0 Å². The minimum atomic E-state index is 0.775. The molecule has 146 valence electrons. The quantitative estimate of drug-likeness (QED) is 0.454. The number of anilines is 1. The molecule has 0 fully saturated rings. The van der Waals surface area contributed by atoms with Gasteiger partial charge in [-0.1, -0.05) is 60.1 Å². The second kappa shape index (κ2) is 9.77. The van der Waals surface area contributed by atoms with E-state index in [1.54, 1.807) is 0 Å². The first-order valence-electron chi connectivity index (χ1n) is 9.81. The van der Waals surface area contributed by atoms with Crippen LogP contribution in [0.15, 0.2) is 72.8 Å². The lowest BCUT2D eigenvalue weighted by molar-refractivity contribution is 0.402. The molecule has 0 atom stereocenters. The van der Waals surface area contributed by atoms with Crippen LogP contribution in [-0.2, 0) is 13.0 Å². The van der Waals surface area contributed by atoms with Crippen molar-refractivity contribution in [1.29, 1.82) is 0 Å². The summed E-state index contributed by atoms with van der Waals surface area (Å²) in [6.07, 6.45) is 2.22. The summed E-state index contributed by atoms with van der Waals surface area (Å²) in [5.74, 6) is 0. The summed E-state index contributed by atoms with van der Waals surface area (Å²) in [4.78, 5) is 4.53. The van der Waals surface area contributed by atoms with E-state index in [4.69, 9.17) is 11.6 Å². The second-order valence-electron chi connectivity index (χ2n) is 7.63. The lowest BCUT2D eigenvalue weighted by Crippen LogP contribution is -2.19. The predicted molar refractivity (Wildman–Crippen MR) is 122 cm³/mol. The molecule has 0 aliphatic carbocycles. The average molecular weight is 393 g/mol. The molecule has 0 aromatic heterocycles. The number of benzene rings is 3. The summed E-state index contributed by atoms with van der Waals surface area (Å²) in [5, 5.41) is 0.775. The molecule has 0 aliphatic heterocycles. The lowest BCUT2D eigenvalue weighted by Gasteiger charge is -2.20. The van der Waals surface area contributed by atoms with Gasteiger partial charge < -0.3 is 9.80 Å². The fourth-order valence-electron chi connectivity index (χ4n) is 3.38. The third-order valence-electron chi connectivity index (χ3n) is 4.97. The van der Waals surface area contributed by atoms with Crippen LogP contribution in [0.2, 0.25) is 5.02 Å². The van der Waals surface area contributed by atoms with E-state index in [9.17, 15) is 0 Å². The maximum Gasteiger partial charge on any atom is 0.0406 e. The van der Waals surface area contributed by atoms with Crippen molar-refractivity contribution >= 4 is 17.3 Å². The van der Waals surface area contributed by atoms with Gasteiger partial charge in [0.25, 0.3) is 0 Å². The van der Waals surface area contributed by atoms with Crippen LogP contribution in [0.4, 0.5) is 5.69 Å². The number of hydrogen-bond acceptors (Lipinski definition) is 2. The highest BCUT2D eigenvalue weighted by Crippen LogP contribution is 2.22. The minimum absolute atomic E-state index is 0.775. The zero-order valence-electron chi connectivity index (χ0n) is 17.0. The molecule has 2 nitrogen and oxygen atoms in total. The number of rotatable bonds is 8. The Morgan fingerprint density at radius 2 is 1.21 bits per heavy atom. The van der Waals surface area contributed by atoms with Gasteiger partial charge in [0, 0.05) is 30.8 Å². The van der Waals surface area contributed by atoms with Gasteiger partial charge in [0.05, 0.1) is 0 Å². The van der Waals surface area contributed by atoms with Gasteiger partial charge in [-0.25, -0.2) is 0 Å². The minimum Gasteiger partial charge on any atom is -0.375 e. The molecule has 0 spiro atoms. The molecule has 28 heavy (non-hydrogen) atoms. The Bertz CT molecular complexity index is 853. The van der Waals surface area contributed by atoms with Crippen molar-refractivity contribution in [2.75, 3.05) is 32.6 Å². The first-order chi connectivity index (χ1) is 13.5. The first kappa shape index (κ1) is 20.4. The van der Waals surface area contributed by atoms with Crippen LogP contribution in [0.5, 0.6) is 0 Å². The average Bonchev–Trinajstić information content (AvgIpc) is 2.69. The molecule has 3 heteroatoms. The van der Waals surface area contributed by atoms with Crippen molar-refractivity contribution in [1.82, 2.24) is 4.90 Å². The molecule has 3 aromatic carbocycles. The van der Waals surface area contributed by atoms with Crippen molar-refractivity contribution in [2.45, 2.75) is 19.4 Å². The number of nitrogens with zero attached hydrogens (tertiary/aromatic N) is 2. The Labute approximate surface area is 174 Å². The summed E-state index contributed by atoms with van der Waals surface area (Å²) in [7, 11) is 6.37. The third kappa shape index (κ3) is 5.85. The summed E-state index contributed by atoms with van der Waals surface area (Å²) in [6.45, 7) is 2.03. The van der Waals surface area contributed by atoms with E-state index in [1.165, 1.54) is 27.9 Å². The second-order valence-corrected chi connectivity index (χ2v) is 8.07. The molecule has 0 amide bonds. The van der Waals surface area contributed by atoms with Crippen molar-refractivity contribution < 1.29 is 0 Å². The monoisotopic (exact) mass is 392 g/mol. The highest BCUT2D eigenvalue weighted by Gasteiger charge is 2.03. The highest BCUT2D eigenvalue weighted by atomic mass is 35.5. The molecule has 3 aromatic rings. The van der Waals surface area contributed by atoms with Gasteiger partial charge in [0.15, 0.2) is 0 Å². The van der Waals surface area contributed by atoms with E-state index in [2.05, 4.69) is 91.6 Å². The highest BCUT2D eigenvalue weighted by molar-refractivity contribution is 6.30. The molecule has 0 radical (unpaired) electrons. The molecule has 0 bridgehead atoms. The summed E-state index contributed by atoms with van der Waals surface area (Å²) < 4.78 is 0. The summed E-state index contributed by atoms with van der Waals surface area (Å²) in [6, 6.07) is 25.8. The van der Waals surface area contributed by atoms with Crippen molar-refractivity contribution in [3.8, 4) is 11.1 Å². The maximum absolute atomic E-state index is 5.97. The molecule has 0 saturated heterocycles. The molecule has 0 heterocycles. The third-order valence-corrected chi connectivity index (χ3v) is 5.22. The van der Waals surface area contributed by atoms with Crippen molar-refractivity contribution in [3.63, 3.8) is 0 Å². The normalized spacial score (nSPS) is 11.0. The molecular weight excluding hydrogens is 364 g/mol. The molecule has 3 rings (SSSR count). The molecule has 0 N–H and O–H groups in total. The van der Waals surface area contributed by atoms with Crippen LogP contribution in [0.1, 0.15) is 17.5 Å². The topological polar surface area (TPSA) is 6.48 Å². The predicted octanol–water partition coefficient (Wildman–Crippen LogP) is 6.14. The van der Waals surface area contributed by atoms with Crippen LogP contribution < -0.4 is 4.90 Å². The Hall–Kier alpha value is -2.29. The Kier molecular flexibility index (Phi) is 7.13. The fraction of sp³-hybridized carbons (Fsp3) is 0.280. The van der Waals surface area contributed by atoms with E-state index in [1.807, 2.05) is 12.1 Å². The number of halogens is 1. The summed E-state index contributed by atoms with van der Waals surface area (Å²) >= 11 is 5.97. The van der Waals surface area contributed by atoms with Crippen LogP contribution in [0.3, 0.4) is 0 Å². The van der Waals surface area contributed by atoms with Gasteiger partial charge in [-0.15, -0.1) is 0 Å². The number of aryl methyl sites for hydroxylation is 1. The van der Waals surface area contributed by atoms with Gasteiger partial charge >= 0.3 is 0 Å². The molecule has 0 aliphatic rings. The molecular formula is C25H29ClN2. The number of hydrogen-bond donors (Lipinski definition) is 0. The van der Waals surface area contributed by atoms with Gasteiger partial charge in [0.2, 0.25) is 0 Å². The van der Waals surface area contributed by atoms with E-state index in [0.717, 1.165) is 31.0 Å². The van der Waals surface area contributed by atoms with Crippen molar-refractivity contribution in [2.24, 2.45) is 0 Å². The zero-order chi connectivity index (χ0) is 19.9. The van der Waals surface area contributed by atoms with Crippen LogP contribution in [-0.4, -0.2) is 32.6 Å². The fourth-order valence-corrected chi connectivity index (χ4v) is 3.50. The van der Waals surface area contributed by atoms with Gasteiger partial charge in [-0.2, -0.15) is 0 Å². The van der Waals surface area contributed by atoms with Gasteiger partial charge in [-0.05, 0) is 73.5 Å². The Morgan fingerprint density at radius 3 is 1.79 bits per heavy atom. The maximum atomic E-state index is 5.97. The molecule has 0 unspecified atom stereocenters. The standard InChI is InChI=1S/C25H29ClN2/c1-27(2)19-21-8-16-25(17-9-21)28(3)18-4-5-20-6-10-22(11-7-20)23-12-14-24(26)15-13-23/h6-17H,4-5,18-19H2,1-3H3. The first-order valence-corrected chi connectivity index (χ1v) is 10.2. The van der Waals surface area contributed by atoms with E-state index in [-0.39, 0.29) is 0 Å². The molecule has 0 saturated carbocycles. The largest absolute Gasteiger partial charge is 0.375 e. The Balaban J connectivity index is 1.49. The SMILES string of the molecule is CN(C)Cc1ccc(N(C)CCCc2ccc(-c3ccc(Cl)cc3)cc2)cc1. The van der Waals surface area contributed by atoms with Crippen LogP contribution in [0, 0.1) is 0 Å². The van der Waals surface area contributed by atoms with Crippen LogP contribution in [0.25, 0.3) is 11.1 Å². The van der Waals surface area contributed by atoms with Crippen LogP contribution >= 0.6 is 11.6 Å². The van der Waals surface area contributed by atoms with E-state index >= 15 is 0 Å². The lowest BCUT2D eigenvalue weighted by atomic mass is 10.0. The van der Waals surface area contributed by atoms with E-state index < -0.39 is 0 Å². The van der Waals surface area contributed by atoms with Gasteiger partial charge in [0.1, 0.15) is 0 Å².